The molecule has 0 bridgehead atoms. The zero-order valence-electron chi connectivity index (χ0n) is 8.36. The molecule has 5 nitrogen and oxygen atoms in total. The number of non-ortho nitro benzene ring substituents is 1. The summed E-state index contributed by atoms with van der Waals surface area (Å²) in [7, 11) is 0. The van der Waals surface area contributed by atoms with Crippen molar-refractivity contribution in [1.82, 2.24) is 0 Å². The Labute approximate surface area is 82.9 Å². The third kappa shape index (κ3) is 3.02. The summed E-state index contributed by atoms with van der Waals surface area (Å²) in [5.41, 5.74) is 11.9. The van der Waals surface area contributed by atoms with Crippen molar-refractivity contribution in [3.05, 3.63) is 33.9 Å². The summed E-state index contributed by atoms with van der Waals surface area (Å²) in [6.45, 7) is 4.22. The SMILES string of the molecule is CC.NCc1cc([N+](=O)[O-])ccc1N. The average molecular weight is 197 g/mol. The minimum absolute atomic E-state index is 0.0182. The van der Waals surface area contributed by atoms with Crippen molar-refractivity contribution in [3.63, 3.8) is 0 Å². The second kappa shape index (κ2) is 5.93. The Hall–Kier alpha value is -1.62. The highest BCUT2D eigenvalue weighted by molar-refractivity contribution is 5.52. The van der Waals surface area contributed by atoms with Gasteiger partial charge in [-0.3, -0.25) is 10.1 Å². The standard InChI is InChI=1S/C7H9N3O2.C2H6/c8-4-5-3-6(10(11)12)1-2-7(5)9;1-2/h1-3H,4,8-9H2;1-2H3. The lowest BCUT2D eigenvalue weighted by molar-refractivity contribution is -0.384. The first-order valence-electron chi connectivity index (χ1n) is 4.38. The summed E-state index contributed by atoms with van der Waals surface area (Å²) in [6.07, 6.45) is 0. The van der Waals surface area contributed by atoms with Crippen molar-refractivity contribution in [2.45, 2.75) is 20.4 Å². The molecule has 0 unspecified atom stereocenters. The first-order chi connectivity index (χ1) is 6.65. The Morgan fingerprint density at radius 1 is 1.43 bits per heavy atom. The summed E-state index contributed by atoms with van der Waals surface area (Å²) in [5.74, 6) is 0. The molecular formula is C9H15N3O2. The van der Waals surface area contributed by atoms with Gasteiger partial charge in [0, 0.05) is 24.4 Å². The van der Waals surface area contributed by atoms with Crippen molar-refractivity contribution in [3.8, 4) is 0 Å². The fraction of sp³-hybridized carbons (Fsp3) is 0.333. The number of nitrogens with two attached hydrogens (primary N) is 2. The Morgan fingerprint density at radius 2 is 2.00 bits per heavy atom. The molecule has 78 valence electrons. The molecule has 1 aromatic rings. The van der Waals surface area contributed by atoms with Gasteiger partial charge in [-0.2, -0.15) is 0 Å². The van der Waals surface area contributed by atoms with Gasteiger partial charge in [-0.25, -0.2) is 0 Å². The van der Waals surface area contributed by atoms with E-state index >= 15 is 0 Å². The molecule has 0 atom stereocenters. The molecule has 0 saturated heterocycles. The predicted molar refractivity (Wildman–Crippen MR) is 56.7 cm³/mol. The van der Waals surface area contributed by atoms with Gasteiger partial charge in [0.05, 0.1) is 4.92 Å². The van der Waals surface area contributed by atoms with Gasteiger partial charge in [0.2, 0.25) is 0 Å². The number of nitro groups is 1. The first kappa shape index (κ1) is 12.4. The molecule has 0 saturated carbocycles. The third-order valence-electron chi connectivity index (χ3n) is 1.56. The van der Waals surface area contributed by atoms with E-state index in [1.165, 1.54) is 18.2 Å². The first-order valence-corrected chi connectivity index (χ1v) is 4.38. The number of nitrogens with zero attached hydrogens (tertiary/aromatic N) is 1. The second-order valence-corrected chi connectivity index (χ2v) is 2.34. The second-order valence-electron chi connectivity index (χ2n) is 2.34. The molecule has 14 heavy (non-hydrogen) atoms. The Bertz CT molecular complexity index is 313. The fourth-order valence-corrected chi connectivity index (χ4v) is 0.882. The van der Waals surface area contributed by atoms with Gasteiger partial charge >= 0.3 is 0 Å². The summed E-state index contributed by atoms with van der Waals surface area (Å²) < 4.78 is 0. The number of hydrogen-bond acceptors (Lipinski definition) is 4. The van der Waals surface area contributed by atoms with Crippen molar-refractivity contribution < 1.29 is 4.92 Å². The summed E-state index contributed by atoms with van der Waals surface area (Å²) in [4.78, 5) is 9.83. The van der Waals surface area contributed by atoms with E-state index in [0.717, 1.165) is 0 Å². The Balaban J connectivity index is 0.000000791. The van der Waals surface area contributed by atoms with Gasteiger partial charge in [0.15, 0.2) is 0 Å². The Morgan fingerprint density at radius 3 is 2.43 bits per heavy atom. The van der Waals surface area contributed by atoms with Gasteiger partial charge in [-0.1, -0.05) is 13.8 Å². The molecule has 0 aliphatic carbocycles. The lowest BCUT2D eigenvalue weighted by Gasteiger charge is -2.00. The summed E-state index contributed by atoms with van der Waals surface area (Å²) in [6, 6.07) is 4.23. The molecule has 0 aliphatic rings. The summed E-state index contributed by atoms with van der Waals surface area (Å²) in [5, 5.41) is 10.3. The average Bonchev–Trinajstić information content (AvgIpc) is 2.21. The molecule has 1 aromatic carbocycles. The van der Waals surface area contributed by atoms with Gasteiger partial charge in [-0.15, -0.1) is 0 Å². The minimum Gasteiger partial charge on any atom is -0.398 e. The number of nitro benzene ring substituents is 1. The van der Waals surface area contributed by atoms with Crippen molar-refractivity contribution in [2.75, 3.05) is 5.73 Å². The smallest absolute Gasteiger partial charge is 0.269 e. The minimum atomic E-state index is -0.474. The van der Waals surface area contributed by atoms with Crippen LogP contribution in [0.2, 0.25) is 0 Å². The molecular weight excluding hydrogens is 182 g/mol. The Kier molecular flexibility index (Phi) is 5.24. The van der Waals surface area contributed by atoms with Crippen LogP contribution in [-0.4, -0.2) is 4.92 Å². The molecule has 0 aliphatic heterocycles. The van der Waals surface area contributed by atoms with Gasteiger partial charge in [0.25, 0.3) is 5.69 Å². The largest absolute Gasteiger partial charge is 0.398 e. The maximum absolute atomic E-state index is 10.3. The van der Waals surface area contributed by atoms with E-state index in [1.54, 1.807) is 0 Å². The van der Waals surface area contributed by atoms with Crippen molar-refractivity contribution in [1.29, 1.82) is 0 Å². The van der Waals surface area contributed by atoms with Crippen molar-refractivity contribution in [2.24, 2.45) is 5.73 Å². The zero-order chi connectivity index (χ0) is 11.1. The van der Waals surface area contributed by atoms with Gasteiger partial charge in [0.1, 0.15) is 0 Å². The highest BCUT2D eigenvalue weighted by Gasteiger charge is 2.07. The molecule has 0 fully saturated rings. The van der Waals surface area contributed by atoms with Crippen molar-refractivity contribution >= 4 is 11.4 Å². The highest BCUT2D eigenvalue weighted by atomic mass is 16.6. The van der Waals surface area contributed by atoms with E-state index in [2.05, 4.69) is 0 Å². The van der Waals surface area contributed by atoms with Crippen LogP contribution in [0.25, 0.3) is 0 Å². The summed E-state index contributed by atoms with van der Waals surface area (Å²) >= 11 is 0. The van der Waals surface area contributed by atoms with E-state index in [0.29, 0.717) is 11.3 Å². The van der Waals surface area contributed by atoms with Crippen LogP contribution < -0.4 is 11.5 Å². The van der Waals surface area contributed by atoms with Gasteiger partial charge in [-0.05, 0) is 11.6 Å². The fourth-order valence-electron chi connectivity index (χ4n) is 0.882. The normalized spacial score (nSPS) is 8.79. The van der Waals surface area contributed by atoms with Crippen LogP contribution in [0.1, 0.15) is 19.4 Å². The predicted octanol–water partition coefficient (Wildman–Crippen LogP) is 1.66. The van der Waals surface area contributed by atoms with Crippen LogP contribution in [-0.2, 0) is 6.54 Å². The monoisotopic (exact) mass is 197 g/mol. The van der Waals surface area contributed by atoms with E-state index in [4.69, 9.17) is 11.5 Å². The lowest BCUT2D eigenvalue weighted by atomic mass is 10.1. The maximum Gasteiger partial charge on any atom is 0.269 e. The molecule has 0 spiro atoms. The molecule has 0 heterocycles. The molecule has 0 aromatic heterocycles. The molecule has 0 amide bonds. The molecule has 4 N–H and O–H groups in total. The number of hydrogen-bond donors (Lipinski definition) is 2. The number of rotatable bonds is 2. The lowest BCUT2D eigenvalue weighted by Crippen LogP contribution is -2.02. The molecule has 0 radical (unpaired) electrons. The van der Waals surface area contributed by atoms with Crippen LogP contribution in [0.3, 0.4) is 0 Å². The zero-order valence-corrected chi connectivity index (χ0v) is 8.36. The molecule has 5 heteroatoms. The van der Waals surface area contributed by atoms with E-state index in [9.17, 15) is 10.1 Å². The van der Waals surface area contributed by atoms with E-state index in [1.807, 2.05) is 13.8 Å². The van der Waals surface area contributed by atoms with Crippen LogP contribution in [0.15, 0.2) is 18.2 Å². The number of anilines is 1. The van der Waals surface area contributed by atoms with Crippen LogP contribution >= 0.6 is 0 Å². The highest BCUT2D eigenvalue weighted by Crippen LogP contribution is 2.18. The van der Waals surface area contributed by atoms with E-state index < -0.39 is 4.92 Å². The van der Waals surface area contributed by atoms with Gasteiger partial charge < -0.3 is 11.5 Å². The number of benzene rings is 1. The topological polar surface area (TPSA) is 95.2 Å². The maximum atomic E-state index is 10.3. The number of nitrogen functional groups attached to an aromatic ring is 1. The van der Waals surface area contributed by atoms with Crippen LogP contribution in [0.4, 0.5) is 11.4 Å². The molecule has 1 rings (SSSR count). The van der Waals surface area contributed by atoms with E-state index in [-0.39, 0.29) is 12.2 Å². The third-order valence-corrected chi connectivity index (χ3v) is 1.56. The van der Waals surface area contributed by atoms with Crippen LogP contribution in [0, 0.1) is 10.1 Å². The quantitative estimate of drug-likeness (QED) is 0.428. The van der Waals surface area contributed by atoms with Crippen LogP contribution in [0.5, 0.6) is 0 Å².